The van der Waals surface area contributed by atoms with Gasteiger partial charge in [-0.15, -0.1) is 0 Å². The van der Waals surface area contributed by atoms with Crippen molar-refractivity contribution in [2.24, 2.45) is 11.7 Å². The van der Waals surface area contributed by atoms with Crippen molar-refractivity contribution in [2.45, 2.75) is 25.3 Å². The molecule has 0 radical (unpaired) electrons. The highest BCUT2D eigenvalue weighted by Crippen LogP contribution is 2.34. The van der Waals surface area contributed by atoms with Crippen LogP contribution in [0, 0.1) is 5.92 Å². The molecule has 1 aliphatic rings. The Kier molecular flexibility index (Phi) is 3.98. The molecule has 1 fully saturated rings. The third-order valence-corrected chi connectivity index (χ3v) is 2.64. The third-order valence-electron chi connectivity index (χ3n) is 2.64. The summed E-state index contributed by atoms with van der Waals surface area (Å²) in [6.45, 7) is 2.01. The molecule has 0 aromatic carbocycles. The lowest BCUT2D eigenvalue weighted by Gasteiger charge is -2.26. The van der Waals surface area contributed by atoms with Crippen LogP contribution in [0.2, 0.25) is 0 Å². The molecular weight excluding hydrogens is 152 g/mol. The van der Waals surface area contributed by atoms with Crippen LogP contribution in [0.5, 0.6) is 0 Å². The minimum Gasteiger partial charge on any atom is -0.396 e. The van der Waals surface area contributed by atoms with Crippen LogP contribution >= 0.6 is 0 Å². The lowest BCUT2D eigenvalue weighted by atomic mass is 10.1. The Labute approximate surface area is 74.5 Å². The lowest BCUT2D eigenvalue weighted by molar-refractivity contribution is 0.195. The minimum absolute atomic E-state index is 0.284. The molecule has 0 bridgehead atoms. The highest BCUT2D eigenvalue weighted by atomic mass is 16.3. The Bertz CT molecular complexity index is 126. The number of aliphatic hydroxyl groups is 1. The quantitative estimate of drug-likeness (QED) is 0.594. The molecule has 0 aliphatic heterocycles. The largest absolute Gasteiger partial charge is 0.396 e. The summed E-state index contributed by atoms with van der Waals surface area (Å²) >= 11 is 0. The number of nitrogens with two attached hydrogens (primary N) is 1. The van der Waals surface area contributed by atoms with Gasteiger partial charge in [0.15, 0.2) is 0 Å². The second kappa shape index (κ2) is 4.80. The molecule has 1 unspecified atom stereocenters. The first-order valence-corrected chi connectivity index (χ1v) is 4.80. The van der Waals surface area contributed by atoms with Crippen molar-refractivity contribution >= 4 is 0 Å². The molecule has 12 heavy (non-hydrogen) atoms. The molecule has 0 aromatic heterocycles. The SMILES string of the molecule is CN(CCCO)C(CN)C1CC1. The highest BCUT2D eigenvalue weighted by molar-refractivity contribution is 4.87. The van der Waals surface area contributed by atoms with E-state index in [1.165, 1.54) is 12.8 Å². The highest BCUT2D eigenvalue weighted by Gasteiger charge is 2.32. The number of aliphatic hydroxyl groups excluding tert-OH is 1. The molecule has 3 N–H and O–H groups in total. The van der Waals surface area contributed by atoms with Gasteiger partial charge in [-0.1, -0.05) is 0 Å². The normalized spacial score (nSPS) is 20.0. The molecule has 0 saturated heterocycles. The summed E-state index contributed by atoms with van der Waals surface area (Å²) in [6, 6.07) is 0.552. The van der Waals surface area contributed by atoms with Gasteiger partial charge in [-0.3, -0.25) is 0 Å². The Morgan fingerprint density at radius 3 is 2.67 bits per heavy atom. The van der Waals surface area contributed by atoms with Gasteiger partial charge in [-0.2, -0.15) is 0 Å². The lowest BCUT2D eigenvalue weighted by Crippen LogP contribution is -2.40. The van der Waals surface area contributed by atoms with Gasteiger partial charge in [0.2, 0.25) is 0 Å². The molecule has 0 heterocycles. The van der Waals surface area contributed by atoms with E-state index in [9.17, 15) is 0 Å². The summed E-state index contributed by atoms with van der Waals surface area (Å²) in [4.78, 5) is 2.29. The first kappa shape index (κ1) is 9.96. The van der Waals surface area contributed by atoms with Crippen LogP contribution in [0.3, 0.4) is 0 Å². The standard InChI is InChI=1S/C9H20N2O/c1-11(5-2-6-12)9(7-10)8-3-4-8/h8-9,12H,2-7,10H2,1H3. The van der Waals surface area contributed by atoms with Gasteiger partial charge in [-0.05, 0) is 32.2 Å². The summed E-state index contributed by atoms with van der Waals surface area (Å²) in [5.41, 5.74) is 5.68. The van der Waals surface area contributed by atoms with Gasteiger partial charge in [0.25, 0.3) is 0 Å². The molecule has 1 atom stereocenters. The number of likely N-dealkylation sites (N-methyl/N-ethyl adjacent to an activating group) is 1. The molecule has 0 spiro atoms. The molecule has 1 saturated carbocycles. The van der Waals surface area contributed by atoms with Crippen molar-refractivity contribution in [1.29, 1.82) is 0 Å². The summed E-state index contributed by atoms with van der Waals surface area (Å²) in [5, 5.41) is 8.67. The van der Waals surface area contributed by atoms with Crippen LogP contribution in [0.25, 0.3) is 0 Å². The van der Waals surface area contributed by atoms with E-state index in [4.69, 9.17) is 10.8 Å². The van der Waals surface area contributed by atoms with Gasteiger partial charge in [0, 0.05) is 25.7 Å². The fraction of sp³-hybridized carbons (Fsp3) is 1.00. The van der Waals surface area contributed by atoms with Crippen molar-refractivity contribution in [2.75, 3.05) is 26.7 Å². The van der Waals surface area contributed by atoms with E-state index in [-0.39, 0.29) is 6.61 Å². The van der Waals surface area contributed by atoms with Crippen LogP contribution < -0.4 is 5.73 Å². The van der Waals surface area contributed by atoms with Gasteiger partial charge in [0.1, 0.15) is 0 Å². The van der Waals surface area contributed by atoms with E-state index in [1.807, 2.05) is 0 Å². The number of nitrogens with zero attached hydrogens (tertiary/aromatic N) is 1. The Balaban J connectivity index is 2.21. The van der Waals surface area contributed by atoms with Crippen LogP contribution in [0.15, 0.2) is 0 Å². The fourth-order valence-corrected chi connectivity index (χ4v) is 1.70. The maximum absolute atomic E-state index is 8.67. The zero-order chi connectivity index (χ0) is 8.97. The molecule has 0 amide bonds. The Morgan fingerprint density at radius 2 is 2.25 bits per heavy atom. The molecule has 0 aromatic rings. The number of rotatable bonds is 6. The zero-order valence-corrected chi connectivity index (χ0v) is 7.87. The maximum Gasteiger partial charge on any atom is 0.0443 e. The van der Waals surface area contributed by atoms with Crippen LogP contribution in [0.4, 0.5) is 0 Å². The van der Waals surface area contributed by atoms with Crippen molar-refractivity contribution in [3.63, 3.8) is 0 Å². The van der Waals surface area contributed by atoms with Crippen LogP contribution in [0.1, 0.15) is 19.3 Å². The maximum atomic E-state index is 8.67. The minimum atomic E-state index is 0.284. The van der Waals surface area contributed by atoms with E-state index >= 15 is 0 Å². The molecule has 3 heteroatoms. The predicted octanol–water partition coefficient (Wildman–Crippen LogP) is 0.0379. The van der Waals surface area contributed by atoms with E-state index in [0.29, 0.717) is 6.04 Å². The molecule has 3 nitrogen and oxygen atoms in total. The number of hydrogen-bond donors (Lipinski definition) is 2. The van der Waals surface area contributed by atoms with Crippen molar-refractivity contribution in [1.82, 2.24) is 4.90 Å². The topological polar surface area (TPSA) is 49.5 Å². The van der Waals surface area contributed by atoms with Gasteiger partial charge >= 0.3 is 0 Å². The van der Waals surface area contributed by atoms with Gasteiger partial charge in [-0.25, -0.2) is 0 Å². The monoisotopic (exact) mass is 172 g/mol. The van der Waals surface area contributed by atoms with Gasteiger partial charge in [0.05, 0.1) is 0 Å². The fourth-order valence-electron chi connectivity index (χ4n) is 1.70. The summed E-state index contributed by atoms with van der Waals surface area (Å²) in [5.74, 6) is 0.832. The zero-order valence-electron chi connectivity index (χ0n) is 7.87. The second-order valence-electron chi connectivity index (χ2n) is 3.70. The van der Waals surface area contributed by atoms with E-state index < -0.39 is 0 Å². The Morgan fingerprint density at radius 1 is 1.58 bits per heavy atom. The smallest absolute Gasteiger partial charge is 0.0443 e. The van der Waals surface area contributed by atoms with E-state index in [1.54, 1.807) is 0 Å². The van der Waals surface area contributed by atoms with Crippen molar-refractivity contribution in [3.05, 3.63) is 0 Å². The molecule has 1 aliphatic carbocycles. The summed E-state index contributed by atoms with van der Waals surface area (Å²) in [6.07, 6.45) is 3.54. The van der Waals surface area contributed by atoms with Gasteiger partial charge < -0.3 is 15.7 Å². The predicted molar refractivity (Wildman–Crippen MR) is 49.9 cm³/mol. The van der Waals surface area contributed by atoms with Crippen LogP contribution in [-0.2, 0) is 0 Å². The second-order valence-corrected chi connectivity index (χ2v) is 3.70. The molecule has 72 valence electrons. The average molecular weight is 172 g/mol. The van der Waals surface area contributed by atoms with Crippen LogP contribution in [-0.4, -0.2) is 42.8 Å². The molecule has 1 rings (SSSR count). The van der Waals surface area contributed by atoms with E-state index in [2.05, 4.69) is 11.9 Å². The first-order chi connectivity index (χ1) is 5.79. The summed E-state index contributed by atoms with van der Waals surface area (Å²) < 4.78 is 0. The van der Waals surface area contributed by atoms with Crippen molar-refractivity contribution in [3.8, 4) is 0 Å². The number of hydrogen-bond acceptors (Lipinski definition) is 3. The Hall–Kier alpha value is -0.120. The summed E-state index contributed by atoms with van der Waals surface area (Å²) in [7, 11) is 2.10. The van der Waals surface area contributed by atoms with Crippen molar-refractivity contribution < 1.29 is 5.11 Å². The first-order valence-electron chi connectivity index (χ1n) is 4.80. The third kappa shape index (κ3) is 2.73. The molecular formula is C9H20N2O. The van der Waals surface area contributed by atoms with E-state index in [0.717, 1.165) is 25.4 Å². The average Bonchev–Trinajstić information content (AvgIpc) is 2.86.